The van der Waals surface area contributed by atoms with E-state index in [-0.39, 0.29) is 15.7 Å². The highest BCUT2D eigenvalue weighted by molar-refractivity contribution is 8.15. The quantitative estimate of drug-likeness (QED) is 0.661. The number of hydrogen-bond acceptors (Lipinski definition) is 6. The molecule has 6 nitrogen and oxygen atoms in total. The van der Waals surface area contributed by atoms with Crippen molar-refractivity contribution in [2.24, 2.45) is 0 Å². The Labute approximate surface area is 132 Å². The zero-order chi connectivity index (χ0) is 14.9. The molecule has 0 atom stereocenters. The van der Waals surface area contributed by atoms with Crippen molar-refractivity contribution in [1.82, 2.24) is 10.2 Å². The molecule has 20 heavy (non-hydrogen) atoms. The summed E-state index contributed by atoms with van der Waals surface area (Å²) < 4.78 is 21.6. The van der Waals surface area contributed by atoms with E-state index in [1.807, 2.05) is 0 Å². The molecule has 0 bridgehead atoms. The molecule has 1 aromatic heterocycles. The molecule has 2 aromatic rings. The van der Waals surface area contributed by atoms with E-state index in [0.29, 0.717) is 16.4 Å². The SMILES string of the molecule is O=C(Nc1nnc(S(=O)(=O)Cl)s1)c1ccc(Cl)cc1Cl. The van der Waals surface area contributed by atoms with E-state index in [4.69, 9.17) is 33.9 Å². The molecule has 106 valence electrons. The fraction of sp³-hybridized carbons (Fsp3) is 0. The van der Waals surface area contributed by atoms with E-state index in [2.05, 4.69) is 15.5 Å². The molecule has 0 spiro atoms. The monoisotopic (exact) mass is 371 g/mol. The predicted molar refractivity (Wildman–Crippen MR) is 77.4 cm³/mol. The number of halogens is 3. The molecule has 11 heteroatoms. The van der Waals surface area contributed by atoms with Crippen molar-refractivity contribution in [2.75, 3.05) is 5.32 Å². The minimum Gasteiger partial charge on any atom is -0.296 e. The number of carbonyl (C=O) groups excluding carboxylic acids is 1. The zero-order valence-corrected chi connectivity index (χ0v) is 13.2. The third-order valence-electron chi connectivity index (χ3n) is 2.01. The minimum atomic E-state index is -3.97. The highest BCUT2D eigenvalue weighted by Crippen LogP contribution is 2.25. The Balaban J connectivity index is 2.22. The van der Waals surface area contributed by atoms with Gasteiger partial charge in [0.2, 0.25) is 9.47 Å². The van der Waals surface area contributed by atoms with E-state index in [9.17, 15) is 13.2 Å². The van der Waals surface area contributed by atoms with Crippen LogP contribution in [-0.2, 0) is 9.05 Å². The summed E-state index contributed by atoms with van der Waals surface area (Å²) in [5.41, 5.74) is 0.168. The molecule has 0 saturated heterocycles. The van der Waals surface area contributed by atoms with E-state index < -0.39 is 19.3 Å². The van der Waals surface area contributed by atoms with Gasteiger partial charge in [-0.15, -0.1) is 10.2 Å². The molecule has 0 saturated carbocycles. The van der Waals surface area contributed by atoms with Crippen LogP contribution in [0.5, 0.6) is 0 Å². The molecule has 0 aliphatic carbocycles. The average Bonchev–Trinajstić information content (AvgIpc) is 2.76. The van der Waals surface area contributed by atoms with Gasteiger partial charge in [-0.25, -0.2) is 8.42 Å². The molecular weight excluding hydrogens is 369 g/mol. The zero-order valence-electron chi connectivity index (χ0n) is 9.30. The van der Waals surface area contributed by atoms with Gasteiger partial charge in [0, 0.05) is 15.7 Å². The van der Waals surface area contributed by atoms with Crippen LogP contribution in [0.25, 0.3) is 0 Å². The molecule has 0 fully saturated rings. The van der Waals surface area contributed by atoms with Gasteiger partial charge in [0.15, 0.2) is 0 Å². The highest BCUT2D eigenvalue weighted by atomic mass is 35.7. The Bertz CT molecular complexity index is 776. The van der Waals surface area contributed by atoms with Crippen molar-refractivity contribution < 1.29 is 13.2 Å². The van der Waals surface area contributed by atoms with Crippen LogP contribution in [0.2, 0.25) is 10.0 Å². The fourth-order valence-corrected chi connectivity index (χ4v) is 3.31. The first kappa shape index (κ1) is 15.5. The third-order valence-corrected chi connectivity index (χ3v) is 5.31. The van der Waals surface area contributed by atoms with Crippen molar-refractivity contribution in [3.8, 4) is 0 Å². The third kappa shape index (κ3) is 3.58. The molecule has 0 unspecified atom stereocenters. The van der Waals surface area contributed by atoms with Gasteiger partial charge < -0.3 is 0 Å². The van der Waals surface area contributed by atoms with Gasteiger partial charge in [-0.2, -0.15) is 0 Å². The minimum absolute atomic E-state index is 0.0137. The lowest BCUT2D eigenvalue weighted by atomic mass is 10.2. The lowest BCUT2D eigenvalue weighted by molar-refractivity contribution is 0.102. The number of rotatable bonds is 3. The van der Waals surface area contributed by atoms with Gasteiger partial charge in [0.05, 0.1) is 10.6 Å². The van der Waals surface area contributed by atoms with Gasteiger partial charge in [0.25, 0.3) is 15.0 Å². The van der Waals surface area contributed by atoms with Crippen molar-refractivity contribution in [2.45, 2.75) is 4.34 Å². The predicted octanol–water partition coefficient (Wildman–Crippen LogP) is 3.02. The summed E-state index contributed by atoms with van der Waals surface area (Å²) in [4.78, 5) is 11.9. The summed E-state index contributed by atoms with van der Waals surface area (Å²) in [7, 11) is 1.13. The summed E-state index contributed by atoms with van der Waals surface area (Å²) in [6, 6.07) is 4.34. The van der Waals surface area contributed by atoms with Crippen LogP contribution in [0.1, 0.15) is 10.4 Å². The van der Waals surface area contributed by atoms with Crippen molar-refractivity contribution in [1.29, 1.82) is 0 Å². The number of nitrogens with one attached hydrogen (secondary N) is 1. The Morgan fingerprint density at radius 1 is 1.25 bits per heavy atom. The Morgan fingerprint density at radius 2 is 1.95 bits per heavy atom. The standard InChI is InChI=1S/C9H4Cl3N3O3S2/c10-4-1-2-5(6(11)3-4)7(16)13-8-14-15-9(19-8)20(12,17)18/h1-3H,(H,13,14,16). The van der Waals surface area contributed by atoms with E-state index in [1.165, 1.54) is 18.2 Å². The molecule has 0 radical (unpaired) electrons. The maximum atomic E-state index is 11.9. The molecular formula is C9H4Cl3N3O3S2. The smallest absolute Gasteiger partial charge is 0.290 e. The van der Waals surface area contributed by atoms with E-state index in [0.717, 1.165) is 0 Å². The van der Waals surface area contributed by atoms with Gasteiger partial charge >= 0.3 is 0 Å². The van der Waals surface area contributed by atoms with Crippen LogP contribution < -0.4 is 5.32 Å². The van der Waals surface area contributed by atoms with Gasteiger partial charge in [-0.05, 0) is 18.2 Å². The Morgan fingerprint density at radius 3 is 2.50 bits per heavy atom. The second-order valence-electron chi connectivity index (χ2n) is 3.39. The highest BCUT2D eigenvalue weighted by Gasteiger charge is 2.19. The normalized spacial score (nSPS) is 11.3. The van der Waals surface area contributed by atoms with Crippen LogP contribution in [0, 0.1) is 0 Å². The van der Waals surface area contributed by atoms with Gasteiger partial charge in [-0.3, -0.25) is 10.1 Å². The van der Waals surface area contributed by atoms with Gasteiger partial charge in [0.1, 0.15) is 0 Å². The first-order valence-electron chi connectivity index (χ1n) is 4.82. The van der Waals surface area contributed by atoms with Crippen molar-refractivity contribution in [3.63, 3.8) is 0 Å². The molecule has 1 heterocycles. The Hall–Kier alpha value is -0.930. The molecule has 1 aromatic carbocycles. The summed E-state index contributed by atoms with van der Waals surface area (Å²) in [5, 5.41) is 9.75. The van der Waals surface area contributed by atoms with Crippen LogP contribution in [-0.4, -0.2) is 24.5 Å². The van der Waals surface area contributed by atoms with Crippen molar-refractivity contribution >= 4 is 65.3 Å². The fourth-order valence-electron chi connectivity index (χ4n) is 1.20. The lowest BCUT2D eigenvalue weighted by Gasteiger charge is -2.03. The molecule has 1 amide bonds. The number of anilines is 1. The molecule has 0 aliphatic heterocycles. The number of amides is 1. The van der Waals surface area contributed by atoms with Gasteiger partial charge in [-0.1, -0.05) is 34.5 Å². The van der Waals surface area contributed by atoms with Crippen LogP contribution in [0.3, 0.4) is 0 Å². The number of carbonyl (C=O) groups is 1. The second kappa shape index (κ2) is 5.82. The Kier molecular flexibility index (Phi) is 4.50. The van der Waals surface area contributed by atoms with Crippen LogP contribution in [0.4, 0.5) is 5.13 Å². The summed E-state index contributed by atoms with van der Waals surface area (Å²) in [6.45, 7) is 0. The first-order chi connectivity index (χ1) is 9.27. The molecule has 1 N–H and O–H groups in total. The first-order valence-corrected chi connectivity index (χ1v) is 8.70. The maximum Gasteiger partial charge on any atom is 0.290 e. The topological polar surface area (TPSA) is 89.0 Å². The van der Waals surface area contributed by atoms with E-state index >= 15 is 0 Å². The van der Waals surface area contributed by atoms with Crippen molar-refractivity contribution in [3.05, 3.63) is 33.8 Å². The number of nitrogens with zero attached hydrogens (tertiary/aromatic N) is 2. The molecule has 2 rings (SSSR count). The van der Waals surface area contributed by atoms with Crippen LogP contribution in [0.15, 0.2) is 22.5 Å². The number of benzene rings is 1. The largest absolute Gasteiger partial charge is 0.296 e. The summed E-state index contributed by atoms with van der Waals surface area (Å²) in [6.07, 6.45) is 0. The summed E-state index contributed by atoms with van der Waals surface area (Å²) >= 11 is 12.2. The average molecular weight is 373 g/mol. The second-order valence-corrected chi connectivity index (χ2v) is 7.95. The van der Waals surface area contributed by atoms with E-state index in [1.54, 1.807) is 0 Å². The lowest BCUT2D eigenvalue weighted by Crippen LogP contribution is -2.12. The summed E-state index contributed by atoms with van der Waals surface area (Å²) in [5.74, 6) is -0.568. The number of aromatic nitrogens is 2. The molecule has 0 aliphatic rings. The van der Waals surface area contributed by atoms with Crippen LogP contribution >= 0.6 is 45.2 Å². The maximum absolute atomic E-state index is 11.9. The number of hydrogen-bond donors (Lipinski definition) is 1.